The van der Waals surface area contributed by atoms with E-state index in [2.05, 4.69) is 15.2 Å². The molecule has 7 nitrogen and oxygen atoms in total. The van der Waals surface area contributed by atoms with Gasteiger partial charge in [0.2, 0.25) is 5.91 Å². The summed E-state index contributed by atoms with van der Waals surface area (Å²) in [5.41, 5.74) is 0.953. The van der Waals surface area contributed by atoms with Crippen molar-refractivity contribution < 1.29 is 14.3 Å². The van der Waals surface area contributed by atoms with Gasteiger partial charge >= 0.3 is 0 Å². The highest BCUT2D eigenvalue weighted by molar-refractivity contribution is 14.0. The van der Waals surface area contributed by atoms with Crippen LogP contribution in [0.15, 0.2) is 29.3 Å². The van der Waals surface area contributed by atoms with Crippen molar-refractivity contribution >= 4 is 47.4 Å². The Labute approximate surface area is 207 Å². The van der Waals surface area contributed by atoms with E-state index in [-0.39, 0.29) is 36.0 Å². The molecule has 3 rings (SSSR count). The van der Waals surface area contributed by atoms with Gasteiger partial charge in [-0.2, -0.15) is 0 Å². The molecule has 2 aliphatic rings. The van der Waals surface area contributed by atoms with Crippen molar-refractivity contribution in [2.24, 2.45) is 4.99 Å². The molecule has 0 aliphatic carbocycles. The molecule has 1 aromatic rings. The van der Waals surface area contributed by atoms with Crippen LogP contribution in [0.25, 0.3) is 0 Å². The van der Waals surface area contributed by atoms with Crippen molar-refractivity contribution in [2.45, 2.75) is 31.8 Å². The van der Waals surface area contributed by atoms with Gasteiger partial charge in [-0.3, -0.25) is 9.79 Å². The van der Waals surface area contributed by atoms with Gasteiger partial charge in [-0.1, -0.05) is 23.7 Å². The molecule has 174 valence electrons. The lowest BCUT2D eigenvalue weighted by Gasteiger charge is -2.36. The van der Waals surface area contributed by atoms with Crippen LogP contribution in [0.4, 0.5) is 0 Å². The van der Waals surface area contributed by atoms with Gasteiger partial charge in [0, 0.05) is 58.0 Å². The Morgan fingerprint density at radius 1 is 1.29 bits per heavy atom. The van der Waals surface area contributed by atoms with Crippen molar-refractivity contribution in [3.05, 3.63) is 34.9 Å². The molecule has 1 amide bonds. The summed E-state index contributed by atoms with van der Waals surface area (Å²) in [6.07, 6.45) is 3.84. The number of guanidine groups is 1. The SMILES string of the molecule is CN=C(NCCCOCC1CCCO1)N1CCN(C(=O)Cc2cccc(Cl)c2)CC1.I. The number of hydrogen-bond donors (Lipinski definition) is 1. The second-order valence-electron chi connectivity index (χ2n) is 7.71. The molecular weight excluding hydrogens is 531 g/mol. The van der Waals surface area contributed by atoms with E-state index in [1.165, 1.54) is 0 Å². The van der Waals surface area contributed by atoms with Crippen molar-refractivity contribution in [2.75, 3.05) is 59.6 Å². The fraction of sp³-hybridized carbons (Fsp3) is 0.636. The number of ether oxygens (including phenoxy) is 2. The first-order valence-electron chi connectivity index (χ1n) is 10.8. The lowest BCUT2D eigenvalue weighted by molar-refractivity contribution is -0.131. The summed E-state index contributed by atoms with van der Waals surface area (Å²) < 4.78 is 11.3. The highest BCUT2D eigenvalue weighted by Gasteiger charge is 2.23. The summed E-state index contributed by atoms with van der Waals surface area (Å²) >= 11 is 6.02. The van der Waals surface area contributed by atoms with Crippen molar-refractivity contribution in [1.29, 1.82) is 0 Å². The summed E-state index contributed by atoms with van der Waals surface area (Å²) in [6.45, 7) is 6.04. The Kier molecular flexibility index (Phi) is 11.9. The lowest BCUT2D eigenvalue weighted by Crippen LogP contribution is -2.54. The molecule has 1 N–H and O–H groups in total. The topological polar surface area (TPSA) is 66.4 Å². The Balaban J connectivity index is 0.00000341. The summed E-state index contributed by atoms with van der Waals surface area (Å²) in [6, 6.07) is 7.50. The Hall–Kier alpha value is -1.10. The molecule has 2 fully saturated rings. The molecular formula is C22H34ClIN4O3. The maximum atomic E-state index is 12.6. The summed E-state index contributed by atoms with van der Waals surface area (Å²) in [5, 5.41) is 4.07. The molecule has 0 aromatic heterocycles. The first-order valence-corrected chi connectivity index (χ1v) is 11.2. The highest BCUT2D eigenvalue weighted by Crippen LogP contribution is 2.13. The van der Waals surface area contributed by atoms with Gasteiger partial charge in [-0.15, -0.1) is 24.0 Å². The van der Waals surface area contributed by atoms with E-state index in [9.17, 15) is 4.79 Å². The number of amides is 1. The van der Waals surface area contributed by atoms with Gasteiger partial charge in [-0.05, 0) is 37.0 Å². The molecule has 9 heteroatoms. The van der Waals surface area contributed by atoms with Gasteiger partial charge < -0.3 is 24.6 Å². The van der Waals surface area contributed by atoms with Gasteiger partial charge in [0.1, 0.15) is 0 Å². The zero-order chi connectivity index (χ0) is 21.2. The zero-order valence-corrected chi connectivity index (χ0v) is 21.3. The predicted molar refractivity (Wildman–Crippen MR) is 134 cm³/mol. The van der Waals surface area contributed by atoms with E-state index >= 15 is 0 Å². The van der Waals surface area contributed by atoms with E-state index in [1.807, 2.05) is 29.2 Å². The summed E-state index contributed by atoms with van der Waals surface area (Å²) in [4.78, 5) is 21.1. The minimum atomic E-state index is 0. The van der Waals surface area contributed by atoms with Crippen LogP contribution in [0.2, 0.25) is 5.02 Å². The van der Waals surface area contributed by atoms with Crippen LogP contribution in [0.3, 0.4) is 0 Å². The van der Waals surface area contributed by atoms with Crippen molar-refractivity contribution in [3.8, 4) is 0 Å². The molecule has 1 aromatic carbocycles. The van der Waals surface area contributed by atoms with Crippen LogP contribution in [0, 0.1) is 0 Å². The Morgan fingerprint density at radius 2 is 2.06 bits per heavy atom. The number of nitrogens with one attached hydrogen (secondary N) is 1. The third-order valence-electron chi connectivity index (χ3n) is 5.46. The van der Waals surface area contributed by atoms with Gasteiger partial charge in [-0.25, -0.2) is 0 Å². The quantitative estimate of drug-likeness (QED) is 0.228. The number of piperazine rings is 1. The fourth-order valence-corrected chi connectivity index (χ4v) is 4.01. The number of carbonyl (C=O) groups excluding carboxylic acids is 1. The van der Waals surface area contributed by atoms with Crippen LogP contribution in [-0.2, 0) is 20.7 Å². The predicted octanol–water partition coefficient (Wildman–Crippen LogP) is 2.81. The molecule has 2 heterocycles. The van der Waals surface area contributed by atoms with Crippen LogP contribution in [-0.4, -0.2) is 87.4 Å². The molecule has 0 saturated carbocycles. The first kappa shape index (κ1) is 26.2. The van der Waals surface area contributed by atoms with Crippen LogP contribution in [0.5, 0.6) is 0 Å². The monoisotopic (exact) mass is 564 g/mol. The van der Waals surface area contributed by atoms with Gasteiger partial charge in [0.15, 0.2) is 5.96 Å². The molecule has 2 saturated heterocycles. The standard InChI is InChI=1S/C22H33ClN4O3.HI/c1-24-22(25-8-4-13-29-17-20-7-3-14-30-20)27-11-9-26(10-12-27)21(28)16-18-5-2-6-19(23)15-18;/h2,5-6,15,20H,3-4,7-14,16-17H2,1H3,(H,24,25);1H. The fourth-order valence-electron chi connectivity index (χ4n) is 3.80. The average Bonchev–Trinajstić information content (AvgIpc) is 3.27. The minimum Gasteiger partial charge on any atom is -0.379 e. The minimum absolute atomic E-state index is 0. The molecule has 2 aliphatic heterocycles. The number of hydrogen-bond acceptors (Lipinski definition) is 4. The smallest absolute Gasteiger partial charge is 0.227 e. The number of carbonyl (C=O) groups is 1. The Morgan fingerprint density at radius 3 is 2.74 bits per heavy atom. The maximum absolute atomic E-state index is 12.6. The number of nitrogens with zero attached hydrogens (tertiary/aromatic N) is 3. The van der Waals surface area contributed by atoms with E-state index in [0.717, 1.165) is 63.6 Å². The first-order chi connectivity index (χ1) is 14.7. The molecule has 1 unspecified atom stereocenters. The number of rotatable bonds is 8. The zero-order valence-electron chi connectivity index (χ0n) is 18.2. The molecule has 0 spiro atoms. The van der Waals surface area contributed by atoms with Gasteiger partial charge in [0.05, 0.1) is 19.1 Å². The molecule has 31 heavy (non-hydrogen) atoms. The molecule has 0 radical (unpaired) electrons. The van der Waals surface area contributed by atoms with Gasteiger partial charge in [0.25, 0.3) is 0 Å². The lowest BCUT2D eigenvalue weighted by atomic mass is 10.1. The van der Waals surface area contributed by atoms with Crippen molar-refractivity contribution in [1.82, 2.24) is 15.1 Å². The van der Waals surface area contributed by atoms with Crippen molar-refractivity contribution in [3.63, 3.8) is 0 Å². The molecule has 0 bridgehead atoms. The van der Waals surface area contributed by atoms with Crippen LogP contribution >= 0.6 is 35.6 Å². The third-order valence-corrected chi connectivity index (χ3v) is 5.70. The largest absolute Gasteiger partial charge is 0.379 e. The van der Waals surface area contributed by atoms with E-state index < -0.39 is 0 Å². The third kappa shape index (κ3) is 8.75. The second kappa shape index (κ2) is 14.1. The van der Waals surface area contributed by atoms with Crippen LogP contribution in [0.1, 0.15) is 24.8 Å². The second-order valence-corrected chi connectivity index (χ2v) is 8.15. The normalized spacial score (nSPS) is 19.3. The van der Waals surface area contributed by atoms with Crippen LogP contribution < -0.4 is 5.32 Å². The molecule has 1 atom stereocenters. The summed E-state index contributed by atoms with van der Waals surface area (Å²) in [5.74, 6) is 1.03. The average molecular weight is 565 g/mol. The van der Waals surface area contributed by atoms with E-state index in [0.29, 0.717) is 31.1 Å². The number of aliphatic imine (C=N–C) groups is 1. The Bertz CT molecular complexity index is 708. The number of benzene rings is 1. The van der Waals surface area contributed by atoms with E-state index in [4.69, 9.17) is 21.1 Å². The van der Waals surface area contributed by atoms with E-state index in [1.54, 1.807) is 7.05 Å². The highest BCUT2D eigenvalue weighted by atomic mass is 127. The number of halogens is 2. The maximum Gasteiger partial charge on any atom is 0.227 e. The summed E-state index contributed by atoms with van der Waals surface area (Å²) in [7, 11) is 1.80.